The molecule has 2 amide bonds. The Kier molecular flexibility index (Phi) is 4.54. The van der Waals surface area contributed by atoms with Gasteiger partial charge in [-0.15, -0.1) is 0 Å². The Balaban J connectivity index is 1.72. The van der Waals surface area contributed by atoms with Crippen molar-refractivity contribution in [3.8, 4) is 0 Å². The normalized spacial score (nSPS) is 26.3. The highest BCUT2D eigenvalue weighted by molar-refractivity contribution is 5.91. The zero-order chi connectivity index (χ0) is 18.2. The number of aryl methyl sites for hydroxylation is 1. The molecule has 2 heterocycles. The van der Waals surface area contributed by atoms with Gasteiger partial charge in [0, 0.05) is 26.1 Å². The van der Waals surface area contributed by atoms with Gasteiger partial charge in [0.25, 0.3) is 0 Å². The van der Waals surface area contributed by atoms with Gasteiger partial charge in [0.1, 0.15) is 6.04 Å². The number of amides is 2. The SMILES string of the molecule is Cc1ccc(CN2C(=O)CC[C@@H]2C(=O)N2CC[C@@](C)(C(=O)O)C2)cc1. The van der Waals surface area contributed by atoms with Gasteiger partial charge in [-0.25, -0.2) is 0 Å². The van der Waals surface area contributed by atoms with E-state index in [0.717, 1.165) is 11.1 Å². The minimum absolute atomic E-state index is 0.0147. The molecule has 2 aliphatic heterocycles. The van der Waals surface area contributed by atoms with Crippen molar-refractivity contribution in [1.29, 1.82) is 0 Å². The molecule has 6 nitrogen and oxygen atoms in total. The van der Waals surface area contributed by atoms with E-state index < -0.39 is 17.4 Å². The third kappa shape index (κ3) is 3.38. The number of nitrogens with zero attached hydrogens (tertiary/aromatic N) is 2. The summed E-state index contributed by atoms with van der Waals surface area (Å²) in [4.78, 5) is 39.8. The second-order valence-corrected chi connectivity index (χ2v) is 7.44. The Labute approximate surface area is 147 Å². The number of hydrogen-bond acceptors (Lipinski definition) is 3. The van der Waals surface area contributed by atoms with E-state index in [1.165, 1.54) is 0 Å². The minimum Gasteiger partial charge on any atom is -0.481 e. The summed E-state index contributed by atoms with van der Waals surface area (Å²) < 4.78 is 0. The van der Waals surface area contributed by atoms with E-state index in [9.17, 15) is 19.5 Å². The van der Waals surface area contributed by atoms with E-state index in [4.69, 9.17) is 0 Å². The molecular weight excluding hydrogens is 320 g/mol. The van der Waals surface area contributed by atoms with Crippen molar-refractivity contribution >= 4 is 17.8 Å². The lowest BCUT2D eigenvalue weighted by Gasteiger charge is -2.29. The Morgan fingerprint density at radius 2 is 1.96 bits per heavy atom. The number of aliphatic carboxylic acids is 1. The maximum atomic E-state index is 12.9. The molecule has 0 unspecified atom stereocenters. The standard InChI is InChI=1S/C19H24N2O4/c1-13-3-5-14(6-4-13)11-21-15(7-8-16(21)22)17(23)20-10-9-19(2,12-20)18(24)25/h3-6,15H,7-12H2,1-2H3,(H,24,25)/t15-,19-/m1/s1. The lowest BCUT2D eigenvalue weighted by atomic mass is 9.90. The van der Waals surface area contributed by atoms with Gasteiger partial charge in [0.05, 0.1) is 5.41 Å². The predicted octanol–water partition coefficient (Wildman–Crippen LogP) is 1.81. The van der Waals surface area contributed by atoms with Crippen LogP contribution >= 0.6 is 0 Å². The first-order valence-electron chi connectivity index (χ1n) is 8.67. The van der Waals surface area contributed by atoms with Gasteiger partial charge in [-0.3, -0.25) is 14.4 Å². The number of likely N-dealkylation sites (tertiary alicyclic amines) is 2. The molecule has 2 atom stereocenters. The van der Waals surface area contributed by atoms with Crippen molar-refractivity contribution in [1.82, 2.24) is 9.80 Å². The highest BCUT2D eigenvalue weighted by atomic mass is 16.4. The molecular formula is C19H24N2O4. The molecule has 2 fully saturated rings. The minimum atomic E-state index is -0.889. The Morgan fingerprint density at radius 3 is 2.56 bits per heavy atom. The fourth-order valence-electron chi connectivity index (χ4n) is 3.61. The van der Waals surface area contributed by atoms with Gasteiger partial charge in [-0.1, -0.05) is 29.8 Å². The van der Waals surface area contributed by atoms with Crippen LogP contribution in [-0.4, -0.2) is 51.8 Å². The van der Waals surface area contributed by atoms with E-state index in [1.54, 1.807) is 16.7 Å². The van der Waals surface area contributed by atoms with Crippen molar-refractivity contribution in [2.24, 2.45) is 5.41 Å². The fourth-order valence-corrected chi connectivity index (χ4v) is 3.61. The van der Waals surface area contributed by atoms with Crippen LogP contribution in [0.4, 0.5) is 0 Å². The molecule has 0 aromatic heterocycles. The molecule has 1 aromatic rings. The molecule has 0 radical (unpaired) electrons. The van der Waals surface area contributed by atoms with E-state index in [-0.39, 0.29) is 18.4 Å². The molecule has 0 bridgehead atoms. The quantitative estimate of drug-likeness (QED) is 0.904. The number of carbonyl (C=O) groups is 3. The summed E-state index contributed by atoms with van der Waals surface area (Å²) in [6.07, 6.45) is 1.32. The highest BCUT2D eigenvalue weighted by Gasteiger charge is 2.46. The van der Waals surface area contributed by atoms with E-state index in [0.29, 0.717) is 32.4 Å². The summed E-state index contributed by atoms with van der Waals surface area (Å²) in [5.41, 5.74) is 1.25. The zero-order valence-electron chi connectivity index (χ0n) is 14.7. The number of hydrogen-bond donors (Lipinski definition) is 1. The summed E-state index contributed by atoms with van der Waals surface area (Å²) >= 11 is 0. The Hall–Kier alpha value is -2.37. The lowest BCUT2D eigenvalue weighted by Crippen LogP contribution is -2.46. The van der Waals surface area contributed by atoms with E-state index in [2.05, 4.69) is 0 Å². The first kappa shape index (κ1) is 17.5. The van der Waals surface area contributed by atoms with Crippen LogP contribution < -0.4 is 0 Å². The second-order valence-electron chi connectivity index (χ2n) is 7.44. The van der Waals surface area contributed by atoms with Crippen molar-refractivity contribution in [3.05, 3.63) is 35.4 Å². The van der Waals surface area contributed by atoms with Crippen LogP contribution in [-0.2, 0) is 20.9 Å². The third-order valence-corrected chi connectivity index (χ3v) is 5.39. The fraction of sp³-hybridized carbons (Fsp3) is 0.526. The molecule has 0 saturated carbocycles. The second kappa shape index (κ2) is 6.50. The number of carboxylic acids is 1. The predicted molar refractivity (Wildman–Crippen MR) is 91.7 cm³/mol. The number of benzene rings is 1. The maximum absolute atomic E-state index is 12.9. The maximum Gasteiger partial charge on any atom is 0.311 e. The van der Waals surface area contributed by atoms with Crippen LogP contribution in [0.2, 0.25) is 0 Å². The van der Waals surface area contributed by atoms with E-state index >= 15 is 0 Å². The van der Waals surface area contributed by atoms with Crippen LogP contribution in [0.3, 0.4) is 0 Å². The molecule has 0 spiro atoms. The molecule has 1 N–H and O–H groups in total. The molecule has 0 aliphatic carbocycles. The smallest absolute Gasteiger partial charge is 0.311 e. The first-order valence-corrected chi connectivity index (χ1v) is 8.67. The first-order chi connectivity index (χ1) is 11.8. The zero-order valence-corrected chi connectivity index (χ0v) is 14.7. The van der Waals surface area contributed by atoms with Gasteiger partial charge in [-0.2, -0.15) is 0 Å². The van der Waals surface area contributed by atoms with Crippen LogP contribution in [0.15, 0.2) is 24.3 Å². The molecule has 134 valence electrons. The van der Waals surface area contributed by atoms with Crippen molar-refractivity contribution in [2.45, 2.75) is 45.7 Å². The van der Waals surface area contributed by atoms with Crippen LogP contribution in [0.5, 0.6) is 0 Å². The van der Waals surface area contributed by atoms with Crippen molar-refractivity contribution in [2.75, 3.05) is 13.1 Å². The number of carboxylic acid groups (broad SMARTS) is 1. The average Bonchev–Trinajstić information content (AvgIpc) is 3.14. The lowest BCUT2D eigenvalue weighted by molar-refractivity contribution is -0.148. The molecule has 1 aromatic carbocycles. The van der Waals surface area contributed by atoms with Crippen molar-refractivity contribution < 1.29 is 19.5 Å². The van der Waals surface area contributed by atoms with Crippen molar-refractivity contribution in [3.63, 3.8) is 0 Å². The molecule has 25 heavy (non-hydrogen) atoms. The molecule has 3 rings (SSSR count). The van der Waals surface area contributed by atoms with Crippen LogP contribution in [0, 0.1) is 12.3 Å². The van der Waals surface area contributed by atoms with Gasteiger partial charge < -0.3 is 14.9 Å². The Morgan fingerprint density at radius 1 is 1.28 bits per heavy atom. The summed E-state index contributed by atoms with van der Waals surface area (Å²) in [5, 5.41) is 9.35. The van der Waals surface area contributed by atoms with Crippen LogP contribution in [0.25, 0.3) is 0 Å². The highest BCUT2D eigenvalue weighted by Crippen LogP contribution is 2.32. The number of rotatable bonds is 4. The monoisotopic (exact) mass is 344 g/mol. The summed E-state index contributed by atoms with van der Waals surface area (Å²) in [5.74, 6) is -1.01. The Bertz CT molecular complexity index is 700. The number of carbonyl (C=O) groups excluding carboxylic acids is 2. The third-order valence-electron chi connectivity index (χ3n) is 5.39. The average molecular weight is 344 g/mol. The van der Waals surface area contributed by atoms with Crippen LogP contribution in [0.1, 0.15) is 37.3 Å². The van der Waals surface area contributed by atoms with Gasteiger partial charge in [0.2, 0.25) is 11.8 Å². The largest absolute Gasteiger partial charge is 0.481 e. The molecule has 2 aliphatic rings. The summed E-state index contributed by atoms with van der Waals surface area (Å²) in [6, 6.07) is 7.45. The van der Waals surface area contributed by atoms with E-state index in [1.807, 2.05) is 31.2 Å². The molecule has 2 saturated heterocycles. The summed E-state index contributed by atoms with van der Waals surface area (Å²) in [7, 11) is 0. The van der Waals surface area contributed by atoms with Gasteiger partial charge in [0.15, 0.2) is 0 Å². The molecule has 6 heteroatoms. The van der Waals surface area contributed by atoms with Gasteiger partial charge >= 0.3 is 5.97 Å². The van der Waals surface area contributed by atoms with Gasteiger partial charge in [-0.05, 0) is 32.3 Å². The topological polar surface area (TPSA) is 77.9 Å². The summed E-state index contributed by atoms with van der Waals surface area (Å²) in [6.45, 7) is 4.74.